The van der Waals surface area contributed by atoms with Crippen LogP contribution in [0.2, 0.25) is 0 Å². The van der Waals surface area contributed by atoms with E-state index in [2.05, 4.69) is 34.7 Å². The first kappa shape index (κ1) is 17.8. The van der Waals surface area contributed by atoms with Crippen molar-refractivity contribution in [1.82, 2.24) is 14.8 Å². The fourth-order valence-corrected chi connectivity index (χ4v) is 4.48. The van der Waals surface area contributed by atoms with Crippen LogP contribution in [0.15, 0.2) is 59.8 Å². The van der Waals surface area contributed by atoms with Gasteiger partial charge in [0.25, 0.3) is 0 Å². The molecule has 1 unspecified atom stereocenters. The number of rotatable bonds is 5. The van der Waals surface area contributed by atoms with E-state index in [-0.39, 0.29) is 11.9 Å². The number of hydrogen-bond donors (Lipinski definition) is 0. The molecule has 0 fully saturated rings. The second-order valence-corrected chi connectivity index (χ2v) is 7.59. The van der Waals surface area contributed by atoms with Crippen LogP contribution in [0.5, 0.6) is 0 Å². The molecule has 5 nitrogen and oxygen atoms in total. The second-order valence-electron chi connectivity index (χ2n) is 6.65. The van der Waals surface area contributed by atoms with Gasteiger partial charge in [0.05, 0.1) is 5.75 Å². The lowest BCUT2D eigenvalue weighted by Gasteiger charge is -2.22. The van der Waals surface area contributed by atoms with Crippen molar-refractivity contribution in [3.05, 3.63) is 60.2 Å². The van der Waals surface area contributed by atoms with Crippen molar-refractivity contribution in [3.63, 3.8) is 0 Å². The molecule has 0 saturated carbocycles. The molecule has 0 radical (unpaired) electrons. The molecule has 2 heterocycles. The first-order chi connectivity index (χ1) is 13.2. The molecule has 1 amide bonds. The highest BCUT2D eigenvalue weighted by atomic mass is 32.2. The van der Waals surface area contributed by atoms with Crippen LogP contribution in [0.4, 0.5) is 5.69 Å². The van der Waals surface area contributed by atoms with Crippen LogP contribution < -0.4 is 4.90 Å². The van der Waals surface area contributed by atoms with E-state index < -0.39 is 0 Å². The Morgan fingerprint density at radius 1 is 1.11 bits per heavy atom. The van der Waals surface area contributed by atoms with Gasteiger partial charge in [-0.2, -0.15) is 0 Å². The largest absolute Gasteiger partial charge is 0.308 e. The van der Waals surface area contributed by atoms with Crippen LogP contribution in [0.1, 0.15) is 19.4 Å². The summed E-state index contributed by atoms with van der Waals surface area (Å²) >= 11 is 1.46. The second kappa shape index (κ2) is 7.56. The van der Waals surface area contributed by atoms with E-state index in [9.17, 15) is 4.79 Å². The highest BCUT2D eigenvalue weighted by molar-refractivity contribution is 7.99. The third-order valence-corrected chi connectivity index (χ3v) is 5.82. The number of amides is 1. The maximum absolute atomic E-state index is 12.9. The number of carbonyl (C=O) groups is 1. The van der Waals surface area contributed by atoms with Crippen molar-refractivity contribution in [2.75, 3.05) is 10.7 Å². The highest BCUT2D eigenvalue weighted by Gasteiger charge is 2.30. The molecule has 2 aromatic carbocycles. The van der Waals surface area contributed by atoms with Gasteiger partial charge in [-0.15, -0.1) is 10.2 Å². The van der Waals surface area contributed by atoms with Crippen molar-refractivity contribution in [1.29, 1.82) is 0 Å². The number of para-hydroxylation sites is 1. The minimum atomic E-state index is 0.115. The van der Waals surface area contributed by atoms with Gasteiger partial charge in [-0.1, -0.05) is 60.3 Å². The molecular weight excluding hydrogens is 356 g/mol. The van der Waals surface area contributed by atoms with Gasteiger partial charge in [0, 0.05) is 23.8 Å². The summed E-state index contributed by atoms with van der Waals surface area (Å²) in [5, 5.41) is 9.46. The summed E-state index contributed by atoms with van der Waals surface area (Å²) < 4.78 is 2.06. The fourth-order valence-electron chi connectivity index (χ4n) is 3.62. The Morgan fingerprint density at radius 2 is 1.85 bits per heavy atom. The average molecular weight is 379 g/mol. The number of anilines is 1. The molecule has 0 aliphatic carbocycles. The number of fused-ring (bicyclic) bond motifs is 1. The molecule has 1 atom stereocenters. The zero-order valence-electron chi connectivity index (χ0n) is 15.5. The first-order valence-electron chi connectivity index (χ1n) is 9.20. The van der Waals surface area contributed by atoms with E-state index in [0.717, 1.165) is 35.2 Å². The van der Waals surface area contributed by atoms with Gasteiger partial charge in [0.2, 0.25) is 5.91 Å². The minimum Gasteiger partial charge on any atom is -0.308 e. The number of benzene rings is 2. The van der Waals surface area contributed by atoms with E-state index in [1.54, 1.807) is 0 Å². The summed E-state index contributed by atoms with van der Waals surface area (Å²) in [7, 11) is 0. The first-order valence-corrected chi connectivity index (χ1v) is 10.2. The summed E-state index contributed by atoms with van der Waals surface area (Å²) in [6.07, 6.45) is 0.913. The van der Waals surface area contributed by atoms with Crippen molar-refractivity contribution >= 4 is 23.4 Å². The van der Waals surface area contributed by atoms with Gasteiger partial charge >= 0.3 is 0 Å². The van der Waals surface area contributed by atoms with E-state index in [4.69, 9.17) is 0 Å². The Kier molecular flexibility index (Phi) is 4.99. The quantitative estimate of drug-likeness (QED) is 0.629. The van der Waals surface area contributed by atoms with E-state index >= 15 is 0 Å². The lowest BCUT2D eigenvalue weighted by atomic mass is 10.1. The van der Waals surface area contributed by atoms with E-state index in [1.165, 1.54) is 17.3 Å². The van der Waals surface area contributed by atoms with Gasteiger partial charge in [-0.05, 0) is 31.9 Å². The number of thioether (sulfide) groups is 1. The minimum absolute atomic E-state index is 0.115. The SMILES string of the molecule is CCn1c(SCC(=O)N2c3ccccc3CC2C)nnc1-c1ccccc1. The molecule has 0 bridgehead atoms. The number of nitrogens with zero attached hydrogens (tertiary/aromatic N) is 4. The van der Waals surface area contributed by atoms with Crippen molar-refractivity contribution in [2.24, 2.45) is 0 Å². The standard InChI is InChI=1S/C21H22N4OS/c1-3-24-20(16-9-5-4-6-10-16)22-23-21(24)27-14-19(26)25-15(2)13-17-11-7-8-12-18(17)25/h4-12,15H,3,13-14H2,1-2H3. The smallest absolute Gasteiger partial charge is 0.237 e. The molecule has 0 N–H and O–H groups in total. The van der Waals surface area contributed by atoms with Gasteiger partial charge in [0.1, 0.15) is 0 Å². The molecule has 3 aromatic rings. The Balaban J connectivity index is 1.51. The summed E-state index contributed by atoms with van der Waals surface area (Å²) in [5.74, 6) is 1.31. The Morgan fingerprint density at radius 3 is 2.63 bits per heavy atom. The Bertz CT molecular complexity index is 954. The normalized spacial score (nSPS) is 15.8. The zero-order valence-corrected chi connectivity index (χ0v) is 16.3. The predicted octanol–water partition coefficient (Wildman–Crippen LogP) is 4.03. The molecule has 0 saturated heterocycles. The third kappa shape index (κ3) is 3.37. The maximum atomic E-state index is 12.9. The molecule has 4 rings (SSSR count). The van der Waals surface area contributed by atoms with Gasteiger partial charge in [-0.3, -0.25) is 4.79 Å². The fraction of sp³-hybridized carbons (Fsp3) is 0.286. The number of aromatic nitrogens is 3. The average Bonchev–Trinajstić information content (AvgIpc) is 3.26. The zero-order chi connectivity index (χ0) is 18.8. The molecule has 1 aromatic heterocycles. The predicted molar refractivity (Wildman–Crippen MR) is 109 cm³/mol. The monoisotopic (exact) mass is 378 g/mol. The number of hydrogen-bond acceptors (Lipinski definition) is 4. The van der Waals surface area contributed by atoms with Crippen LogP contribution in [0, 0.1) is 0 Å². The Hall–Kier alpha value is -2.60. The topological polar surface area (TPSA) is 51.0 Å². The molecule has 1 aliphatic heterocycles. The van der Waals surface area contributed by atoms with Crippen LogP contribution in [0.25, 0.3) is 11.4 Å². The summed E-state index contributed by atoms with van der Waals surface area (Å²) in [5.41, 5.74) is 3.32. The molecule has 138 valence electrons. The summed E-state index contributed by atoms with van der Waals surface area (Å²) in [6.45, 7) is 4.93. The van der Waals surface area contributed by atoms with Crippen LogP contribution in [0.3, 0.4) is 0 Å². The Labute approximate surface area is 163 Å². The van der Waals surface area contributed by atoms with Gasteiger partial charge in [-0.25, -0.2) is 0 Å². The molecule has 6 heteroatoms. The lowest BCUT2D eigenvalue weighted by molar-refractivity contribution is -0.116. The van der Waals surface area contributed by atoms with E-state index in [1.807, 2.05) is 53.4 Å². The van der Waals surface area contributed by atoms with Crippen LogP contribution >= 0.6 is 11.8 Å². The summed E-state index contributed by atoms with van der Waals surface area (Å²) in [6, 6.07) is 18.4. The van der Waals surface area contributed by atoms with Gasteiger partial charge in [0.15, 0.2) is 11.0 Å². The summed E-state index contributed by atoms with van der Waals surface area (Å²) in [4.78, 5) is 14.8. The molecule has 27 heavy (non-hydrogen) atoms. The van der Waals surface area contributed by atoms with Crippen molar-refractivity contribution in [3.8, 4) is 11.4 Å². The number of carbonyl (C=O) groups excluding carboxylic acids is 1. The van der Waals surface area contributed by atoms with Crippen molar-refractivity contribution < 1.29 is 4.79 Å². The van der Waals surface area contributed by atoms with Crippen molar-refractivity contribution in [2.45, 2.75) is 38.0 Å². The van der Waals surface area contributed by atoms with Crippen LogP contribution in [-0.4, -0.2) is 32.5 Å². The molecule has 1 aliphatic rings. The maximum Gasteiger partial charge on any atom is 0.237 e. The van der Waals surface area contributed by atoms with E-state index in [0.29, 0.717) is 5.75 Å². The molecular formula is C21H22N4OS. The lowest BCUT2D eigenvalue weighted by Crippen LogP contribution is -2.37. The molecule has 0 spiro atoms. The third-order valence-electron chi connectivity index (χ3n) is 4.87. The highest BCUT2D eigenvalue weighted by Crippen LogP contribution is 2.33. The van der Waals surface area contributed by atoms with Crippen LogP contribution in [-0.2, 0) is 17.8 Å². The van der Waals surface area contributed by atoms with Gasteiger partial charge < -0.3 is 9.47 Å².